The normalized spacial score (nSPS) is 10.7. The lowest BCUT2D eigenvalue weighted by atomic mass is 10.0. The van der Waals surface area contributed by atoms with Crippen LogP contribution in [0.4, 0.5) is 5.82 Å². The van der Waals surface area contributed by atoms with E-state index >= 15 is 0 Å². The lowest BCUT2D eigenvalue weighted by molar-refractivity contribution is -0.116. The number of hydrogen-bond acceptors (Lipinski definition) is 3. The van der Waals surface area contributed by atoms with Gasteiger partial charge in [-0.15, -0.1) is 0 Å². The van der Waals surface area contributed by atoms with Gasteiger partial charge in [-0.25, -0.2) is 4.68 Å². The largest absolute Gasteiger partial charge is 0.310 e. The summed E-state index contributed by atoms with van der Waals surface area (Å²) in [6.07, 6.45) is 1.05. The number of aromatic nitrogens is 2. The molecule has 5 nitrogen and oxygen atoms in total. The van der Waals surface area contributed by atoms with E-state index in [1.165, 1.54) is 0 Å². The summed E-state index contributed by atoms with van der Waals surface area (Å²) in [6, 6.07) is 14.8. The molecule has 0 radical (unpaired) electrons. The quantitative estimate of drug-likeness (QED) is 0.667. The Labute approximate surface area is 169 Å². The standard InChI is InChI=1S/C22H22ClN3O2/c1-4-6-19(27)24-22-20(16-11-9-14(2)10-12-16)21(28)15(3)25-26(22)18-8-5-7-17(23)13-18/h5,7-13H,4,6H2,1-3H3,(H,24,27). The summed E-state index contributed by atoms with van der Waals surface area (Å²) < 4.78 is 1.57. The first-order valence-electron chi connectivity index (χ1n) is 9.17. The van der Waals surface area contributed by atoms with Crippen molar-refractivity contribution in [3.8, 4) is 16.8 Å². The van der Waals surface area contributed by atoms with Gasteiger partial charge in [0.05, 0.1) is 11.3 Å². The van der Waals surface area contributed by atoms with Gasteiger partial charge >= 0.3 is 0 Å². The van der Waals surface area contributed by atoms with Gasteiger partial charge in [-0.05, 0) is 44.0 Å². The number of rotatable bonds is 5. The second-order valence-electron chi connectivity index (χ2n) is 6.69. The molecule has 2 aromatic carbocycles. The maximum Gasteiger partial charge on any atom is 0.225 e. The van der Waals surface area contributed by atoms with Crippen molar-refractivity contribution in [1.29, 1.82) is 0 Å². The molecule has 0 atom stereocenters. The Morgan fingerprint density at radius 3 is 2.50 bits per heavy atom. The van der Waals surface area contributed by atoms with Crippen molar-refractivity contribution in [3.05, 3.63) is 75.0 Å². The molecular formula is C22H22ClN3O2. The van der Waals surface area contributed by atoms with Gasteiger partial charge in [0.1, 0.15) is 11.5 Å². The molecule has 0 aliphatic heterocycles. The SMILES string of the molecule is CCCC(=O)Nc1c(-c2ccc(C)cc2)c(=O)c(C)nn1-c1cccc(Cl)c1. The fourth-order valence-corrected chi connectivity index (χ4v) is 3.14. The Hall–Kier alpha value is -2.92. The molecule has 1 heterocycles. The lowest BCUT2D eigenvalue weighted by Crippen LogP contribution is -2.24. The minimum Gasteiger partial charge on any atom is -0.310 e. The van der Waals surface area contributed by atoms with E-state index in [2.05, 4.69) is 10.4 Å². The van der Waals surface area contributed by atoms with Crippen LogP contribution in [0.3, 0.4) is 0 Å². The van der Waals surface area contributed by atoms with Gasteiger partial charge in [-0.2, -0.15) is 5.10 Å². The minimum atomic E-state index is -0.214. The summed E-state index contributed by atoms with van der Waals surface area (Å²) >= 11 is 6.16. The van der Waals surface area contributed by atoms with E-state index in [1.807, 2.05) is 44.2 Å². The highest BCUT2D eigenvalue weighted by molar-refractivity contribution is 6.30. The molecule has 6 heteroatoms. The average molecular weight is 396 g/mol. The summed E-state index contributed by atoms with van der Waals surface area (Å²) in [6.45, 7) is 5.58. The molecule has 3 aromatic rings. The fraction of sp³-hybridized carbons (Fsp3) is 0.227. The number of halogens is 1. The van der Waals surface area contributed by atoms with Gasteiger partial charge in [0.15, 0.2) is 0 Å². The highest BCUT2D eigenvalue weighted by Gasteiger charge is 2.20. The van der Waals surface area contributed by atoms with Crippen LogP contribution in [0.25, 0.3) is 16.8 Å². The second-order valence-corrected chi connectivity index (χ2v) is 7.13. The predicted octanol–water partition coefficient (Wildman–Crippen LogP) is 4.91. The van der Waals surface area contributed by atoms with Crippen molar-refractivity contribution in [2.45, 2.75) is 33.6 Å². The third-order valence-electron chi connectivity index (χ3n) is 4.38. The molecule has 0 bridgehead atoms. The molecule has 1 amide bonds. The van der Waals surface area contributed by atoms with Crippen LogP contribution < -0.4 is 10.7 Å². The molecule has 0 spiro atoms. The van der Waals surface area contributed by atoms with E-state index < -0.39 is 0 Å². The Bertz CT molecular complexity index is 1070. The molecule has 0 saturated heterocycles. The smallest absolute Gasteiger partial charge is 0.225 e. The molecule has 0 aliphatic carbocycles. The maximum absolute atomic E-state index is 13.0. The van der Waals surface area contributed by atoms with Crippen LogP contribution in [0.15, 0.2) is 53.3 Å². The van der Waals surface area contributed by atoms with Crippen LogP contribution in [0.5, 0.6) is 0 Å². The van der Waals surface area contributed by atoms with Crippen molar-refractivity contribution >= 4 is 23.3 Å². The number of nitrogens with zero attached hydrogens (tertiary/aromatic N) is 2. The van der Waals surface area contributed by atoms with Crippen molar-refractivity contribution < 1.29 is 4.79 Å². The van der Waals surface area contributed by atoms with Crippen LogP contribution in [-0.4, -0.2) is 15.7 Å². The van der Waals surface area contributed by atoms with Gasteiger partial charge in [-0.1, -0.05) is 54.4 Å². The Morgan fingerprint density at radius 1 is 1.14 bits per heavy atom. The summed E-state index contributed by atoms with van der Waals surface area (Å²) in [5, 5.41) is 7.87. The summed E-state index contributed by atoms with van der Waals surface area (Å²) in [5.41, 5.74) is 3.01. The van der Waals surface area contributed by atoms with E-state index in [-0.39, 0.29) is 11.3 Å². The highest BCUT2D eigenvalue weighted by atomic mass is 35.5. The van der Waals surface area contributed by atoms with Crippen LogP contribution in [-0.2, 0) is 4.79 Å². The van der Waals surface area contributed by atoms with E-state index in [4.69, 9.17) is 11.6 Å². The van der Waals surface area contributed by atoms with Crippen molar-refractivity contribution in [2.24, 2.45) is 0 Å². The zero-order valence-electron chi connectivity index (χ0n) is 16.1. The van der Waals surface area contributed by atoms with Crippen molar-refractivity contribution in [1.82, 2.24) is 9.78 Å². The van der Waals surface area contributed by atoms with Crippen molar-refractivity contribution in [3.63, 3.8) is 0 Å². The zero-order chi connectivity index (χ0) is 20.3. The van der Waals surface area contributed by atoms with Gasteiger partial charge in [-0.3, -0.25) is 9.59 Å². The van der Waals surface area contributed by atoms with Crippen LogP contribution in [0.1, 0.15) is 31.0 Å². The Morgan fingerprint density at radius 2 is 1.86 bits per heavy atom. The van der Waals surface area contributed by atoms with Gasteiger partial charge in [0.2, 0.25) is 11.3 Å². The Kier molecular flexibility index (Phi) is 5.95. The van der Waals surface area contributed by atoms with Crippen molar-refractivity contribution in [2.75, 3.05) is 5.32 Å². The molecule has 28 heavy (non-hydrogen) atoms. The fourth-order valence-electron chi connectivity index (χ4n) is 2.96. The molecule has 1 N–H and O–H groups in total. The molecule has 1 aromatic heterocycles. The summed E-state index contributed by atoms with van der Waals surface area (Å²) in [4.78, 5) is 25.4. The Balaban J connectivity index is 2.31. The van der Waals surface area contributed by atoms with E-state index in [0.29, 0.717) is 40.6 Å². The number of carbonyl (C=O) groups is 1. The first kappa shape index (κ1) is 19.8. The number of amides is 1. The molecule has 3 rings (SSSR count). The van der Waals surface area contributed by atoms with Crippen LogP contribution in [0, 0.1) is 13.8 Å². The number of anilines is 1. The minimum absolute atomic E-state index is 0.170. The molecule has 0 saturated carbocycles. The first-order chi connectivity index (χ1) is 13.4. The number of aryl methyl sites for hydroxylation is 2. The van der Waals surface area contributed by atoms with E-state index in [0.717, 1.165) is 11.1 Å². The molecule has 144 valence electrons. The zero-order valence-corrected chi connectivity index (χ0v) is 16.9. The van der Waals surface area contributed by atoms with Crippen LogP contribution >= 0.6 is 11.6 Å². The number of hydrogen-bond donors (Lipinski definition) is 1. The van der Waals surface area contributed by atoms with E-state index in [9.17, 15) is 9.59 Å². The topological polar surface area (TPSA) is 64.0 Å². The third-order valence-corrected chi connectivity index (χ3v) is 4.62. The monoisotopic (exact) mass is 395 g/mol. The summed E-state index contributed by atoms with van der Waals surface area (Å²) in [7, 11) is 0. The average Bonchev–Trinajstić information content (AvgIpc) is 2.66. The van der Waals surface area contributed by atoms with E-state index in [1.54, 1.807) is 29.8 Å². The number of carbonyl (C=O) groups excluding carboxylic acids is 1. The highest BCUT2D eigenvalue weighted by Crippen LogP contribution is 2.28. The molecule has 0 aliphatic rings. The number of nitrogens with one attached hydrogen (secondary N) is 1. The van der Waals surface area contributed by atoms with Gasteiger partial charge in [0.25, 0.3) is 0 Å². The second kappa shape index (κ2) is 8.40. The number of benzene rings is 2. The third kappa shape index (κ3) is 4.15. The molecular weight excluding hydrogens is 374 g/mol. The van der Waals surface area contributed by atoms with Gasteiger partial charge in [0, 0.05) is 11.4 Å². The maximum atomic E-state index is 13.0. The molecule has 0 unspecified atom stereocenters. The lowest BCUT2D eigenvalue weighted by Gasteiger charge is -2.18. The first-order valence-corrected chi connectivity index (χ1v) is 9.55. The van der Waals surface area contributed by atoms with Crippen LogP contribution in [0.2, 0.25) is 5.02 Å². The predicted molar refractivity (Wildman–Crippen MR) is 113 cm³/mol. The summed E-state index contributed by atoms with van der Waals surface area (Å²) in [5.74, 6) is 0.178. The molecule has 0 fully saturated rings. The van der Waals surface area contributed by atoms with Gasteiger partial charge < -0.3 is 5.32 Å².